The summed E-state index contributed by atoms with van der Waals surface area (Å²) >= 11 is 0. The molecule has 4 rings (SSSR count). The molecule has 0 aromatic rings. The smallest absolute Gasteiger partial charge is 0.326 e. The SMILES string of the molecule is CC(C(=O)O)N(C)C(=O)C1C2CC3CC(C2)CC1C3. The molecule has 4 fully saturated rings. The molecule has 4 aliphatic carbocycles. The Labute approximate surface area is 114 Å². The van der Waals surface area contributed by atoms with Crippen LogP contribution in [0.25, 0.3) is 0 Å². The van der Waals surface area contributed by atoms with E-state index in [1.165, 1.54) is 37.0 Å². The molecule has 106 valence electrons. The van der Waals surface area contributed by atoms with Gasteiger partial charge < -0.3 is 10.0 Å². The maximum absolute atomic E-state index is 12.6. The van der Waals surface area contributed by atoms with Crippen molar-refractivity contribution in [1.82, 2.24) is 4.90 Å². The van der Waals surface area contributed by atoms with Gasteiger partial charge in [0.2, 0.25) is 5.91 Å². The van der Waals surface area contributed by atoms with E-state index in [9.17, 15) is 9.59 Å². The quantitative estimate of drug-likeness (QED) is 0.849. The average Bonchev–Trinajstić information content (AvgIpc) is 2.35. The molecule has 1 amide bonds. The van der Waals surface area contributed by atoms with Crippen LogP contribution in [-0.4, -0.2) is 35.0 Å². The van der Waals surface area contributed by atoms with E-state index in [4.69, 9.17) is 5.11 Å². The normalized spacial score (nSPS) is 41.1. The number of rotatable bonds is 3. The molecular formula is C15H23NO3. The molecule has 4 heteroatoms. The van der Waals surface area contributed by atoms with Gasteiger partial charge in [-0.2, -0.15) is 0 Å². The van der Waals surface area contributed by atoms with E-state index >= 15 is 0 Å². The molecular weight excluding hydrogens is 242 g/mol. The summed E-state index contributed by atoms with van der Waals surface area (Å²) in [5.41, 5.74) is 0. The maximum Gasteiger partial charge on any atom is 0.326 e. The molecule has 0 radical (unpaired) electrons. The Bertz CT molecular complexity index is 378. The van der Waals surface area contributed by atoms with Crippen molar-refractivity contribution in [2.75, 3.05) is 7.05 Å². The van der Waals surface area contributed by atoms with E-state index in [0.717, 1.165) is 11.8 Å². The first-order valence-electron chi connectivity index (χ1n) is 7.46. The van der Waals surface area contributed by atoms with Crippen LogP contribution in [0.1, 0.15) is 39.0 Å². The highest BCUT2D eigenvalue weighted by Gasteiger charge is 2.51. The summed E-state index contributed by atoms with van der Waals surface area (Å²) in [4.78, 5) is 25.1. The Balaban J connectivity index is 1.75. The van der Waals surface area contributed by atoms with Crippen molar-refractivity contribution in [3.8, 4) is 0 Å². The Morgan fingerprint density at radius 1 is 1.05 bits per heavy atom. The number of carbonyl (C=O) groups is 2. The highest BCUT2D eigenvalue weighted by molar-refractivity contribution is 5.85. The summed E-state index contributed by atoms with van der Waals surface area (Å²) in [7, 11) is 1.65. The van der Waals surface area contributed by atoms with Gasteiger partial charge in [0, 0.05) is 13.0 Å². The lowest BCUT2D eigenvalue weighted by Crippen LogP contribution is -2.53. The van der Waals surface area contributed by atoms with Gasteiger partial charge >= 0.3 is 5.97 Å². The summed E-state index contributed by atoms with van der Waals surface area (Å²) < 4.78 is 0. The standard InChI is InChI=1S/C15H23NO3/c1-8(15(18)19)16(2)14(17)13-11-4-9-3-10(6-11)7-12(13)5-9/h8-13H,3-7H2,1-2H3,(H,18,19). The molecule has 0 aromatic heterocycles. The second-order valence-electron chi connectivity index (χ2n) is 6.92. The molecule has 0 aliphatic heterocycles. The molecule has 1 unspecified atom stereocenters. The largest absolute Gasteiger partial charge is 0.480 e. The maximum atomic E-state index is 12.6. The lowest BCUT2D eigenvalue weighted by molar-refractivity contribution is -0.157. The monoisotopic (exact) mass is 265 g/mol. The van der Waals surface area contributed by atoms with E-state index in [-0.39, 0.29) is 11.8 Å². The topological polar surface area (TPSA) is 57.6 Å². The van der Waals surface area contributed by atoms with Gasteiger partial charge in [-0.05, 0) is 62.7 Å². The fourth-order valence-electron chi connectivity index (χ4n) is 4.92. The first-order chi connectivity index (χ1) is 8.97. The van der Waals surface area contributed by atoms with Crippen LogP contribution in [0.2, 0.25) is 0 Å². The zero-order valence-corrected chi connectivity index (χ0v) is 11.7. The van der Waals surface area contributed by atoms with Crippen LogP contribution in [0.4, 0.5) is 0 Å². The summed E-state index contributed by atoms with van der Waals surface area (Å²) in [6.45, 7) is 1.59. The molecule has 4 saturated carbocycles. The van der Waals surface area contributed by atoms with Crippen LogP contribution in [0.3, 0.4) is 0 Å². The van der Waals surface area contributed by atoms with Crippen molar-refractivity contribution in [2.45, 2.75) is 45.1 Å². The molecule has 0 saturated heterocycles. The number of nitrogens with zero attached hydrogens (tertiary/aromatic N) is 1. The first-order valence-corrected chi connectivity index (χ1v) is 7.46. The fourth-order valence-corrected chi connectivity index (χ4v) is 4.92. The molecule has 0 heterocycles. The van der Waals surface area contributed by atoms with Crippen molar-refractivity contribution in [3.05, 3.63) is 0 Å². The fraction of sp³-hybridized carbons (Fsp3) is 0.867. The van der Waals surface area contributed by atoms with Crippen molar-refractivity contribution in [2.24, 2.45) is 29.6 Å². The predicted octanol–water partition coefficient (Wildman–Crippen LogP) is 1.99. The zero-order chi connectivity index (χ0) is 13.7. The Kier molecular flexibility index (Phi) is 3.06. The minimum absolute atomic E-state index is 0.0729. The van der Waals surface area contributed by atoms with Crippen molar-refractivity contribution < 1.29 is 14.7 Å². The van der Waals surface area contributed by atoms with Gasteiger partial charge in [0.1, 0.15) is 6.04 Å². The number of likely N-dealkylation sites (N-methyl/N-ethyl adjacent to an activating group) is 1. The van der Waals surface area contributed by atoms with Gasteiger partial charge in [-0.1, -0.05) is 0 Å². The Morgan fingerprint density at radius 2 is 1.53 bits per heavy atom. The zero-order valence-electron chi connectivity index (χ0n) is 11.7. The van der Waals surface area contributed by atoms with E-state index < -0.39 is 12.0 Å². The summed E-state index contributed by atoms with van der Waals surface area (Å²) in [5, 5.41) is 9.06. The highest BCUT2D eigenvalue weighted by Crippen LogP contribution is 2.56. The molecule has 0 spiro atoms. The van der Waals surface area contributed by atoms with Gasteiger partial charge in [-0.15, -0.1) is 0 Å². The molecule has 19 heavy (non-hydrogen) atoms. The Hall–Kier alpha value is -1.06. The molecule has 4 nitrogen and oxygen atoms in total. The number of hydrogen-bond acceptors (Lipinski definition) is 2. The molecule has 1 atom stereocenters. The number of amides is 1. The Morgan fingerprint density at radius 3 is 1.95 bits per heavy atom. The summed E-state index contributed by atoms with van der Waals surface area (Å²) in [5.74, 6) is 1.98. The van der Waals surface area contributed by atoms with E-state index in [1.54, 1.807) is 14.0 Å². The lowest BCUT2D eigenvalue weighted by atomic mass is 9.51. The predicted molar refractivity (Wildman–Crippen MR) is 70.4 cm³/mol. The molecule has 4 aliphatic rings. The van der Waals surface area contributed by atoms with Crippen LogP contribution < -0.4 is 0 Å². The van der Waals surface area contributed by atoms with Crippen molar-refractivity contribution in [1.29, 1.82) is 0 Å². The highest BCUT2D eigenvalue weighted by atomic mass is 16.4. The van der Waals surface area contributed by atoms with Crippen LogP contribution in [0.5, 0.6) is 0 Å². The minimum atomic E-state index is -0.917. The lowest BCUT2D eigenvalue weighted by Gasteiger charge is -2.54. The summed E-state index contributed by atoms with van der Waals surface area (Å²) in [6.07, 6.45) is 6.14. The molecule has 1 N–H and O–H groups in total. The van der Waals surface area contributed by atoms with Crippen LogP contribution in [-0.2, 0) is 9.59 Å². The molecule has 0 aromatic carbocycles. The summed E-state index contributed by atoms with van der Waals surface area (Å²) in [6, 6.07) is -0.718. The van der Waals surface area contributed by atoms with Gasteiger partial charge in [-0.3, -0.25) is 4.79 Å². The van der Waals surface area contributed by atoms with Crippen LogP contribution in [0.15, 0.2) is 0 Å². The number of carbonyl (C=O) groups excluding carboxylic acids is 1. The van der Waals surface area contributed by atoms with Crippen LogP contribution >= 0.6 is 0 Å². The second-order valence-corrected chi connectivity index (χ2v) is 6.92. The third-order valence-corrected chi connectivity index (χ3v) is 5.80. The van der Waals surface area contributed by atoms with Crippen molar-refractivity contribution >= 4 is 11.9 Å². The van der Waals surface area contributed by atoms with Gasteiger partial charge in [-0.25, -0.2) is 4.79 Å². The van der Waals surface area contributed by atoms with E-state index in [2.05, 4.69) is 0 Å². The van der Waals surface area contributed by atoms with Gasteiger partial charge in [0.05, 0.1) is 0 Å². The third kappa shape index (κ3) is 2.05. The first kappa shape index (κ1) is 12.9. The second kappa shape index (κ2) is 4.50. The molecule has 4 bridgehead atoms. The van der Waals surface area contributed by atoms with Gasteiger partial charge in [0.15, 0.2) is 0 Å². The van der Waals surface area contributed by atoms with Crippen LogP contribution in [0, 0.1) is 29.6 Å². The number of carboxylic acid groups (broad SMARTS) is 1. The number of carboxylic acids is 1. The number of aliphatic carboxylic acids is 1. The van der Waals surface area contributed by atoms with Gasteiger partial charge in [0.25, 0.3) is 0 Å². The van der Waals surface area contributed by atoms with E-state index in [0.29, 0.717) is 11.8 Å². The average molecular weight is 265 g/mol. The minimum Gasteiger partial charge on any atom is -0.480 e. The number of hydrogen-bond donors (Lipinski definition) is 1. The van der Waals surface area contributed by atoms with E-state index in [1.807, 2.05) is 0 Å². The third-order valence-electron chi connectivity index (χ3n) is 5.80. The van der Waals surface area contributed by atoms with Crippen molar-refractivity contribution in [3.63, 3.8) is 0 Å².